The van der Waals surface area contributed by atoms with E-state index >= 15 is 0 Å². The van der Waals surface area contributed by atoms with Crippen molar-refractivity contribution in [3.8, 4) is 0 Å². The van der Waals surface area contributed by atoms with Gasteiger partial charge in [0.15, 0.2) is 5.65 Å². The van der Waals surface area contributed by atoms with Gasteiger partial charge in [-0.2, -0.15) is 5.10 Å². The predicted molar refractivity (Wildman–Crippen MR) is 128 cm³/mol. The van der Waals surface area contributed by atoms with E-state index in [0.29, 0.717) is 11.6 Å². The van der Waals surface area contributed by atoms with Crippen molar-refractivity contribution < 1.29 is 14.4 Å². The molecule has 1 unspecified atom stereocenters. The van der Waals surface area contributed by atoms with Crippen molar-refractivity contribution in [1.29, 1.82) is 0 Å². The second kappa shape index (κ2) is 7.90. The largest absolute Gasteiger partial charge is 0.338 e. The van der Waals surface area contributed by atoms with Gasteiger partial charge in [0.25, 0.3) is 5.91 Å². The summed E-state index contributed by atoms with van der Waals surface area (Å²) < 4.78 is 1.71. The number of imide groups is 1. The van der Waals surface area contributed by atoms with E-state index in [2.05, 4.69) is 46.7 Å². The third-order valence-electron chi connectivity index (χ3n) is 7.52. The Balaban J connectivity index is 1.22. The number of benzene rings is 1. The first-order valence-corrected chi connectivity index (χ1v) is 12.1. The fraction of sp³-hybridized carbons (Fsp3) is 0.423. The van der Waals surface area contributed by atoms with Crippen molar-refractivity contribution in [1.82, 2.24) is 30.1 Å². The maximum absolute atomic E-state index is 12.9. The van der Waals surface area contributed by atoms with Crippen molar-refractivity contribution >= 4 is 23.5 Å². The van der Waals surface area contributed by atoms with Crippen LogP contribution in [0.15, 0.2) is 42.7 Å². The number of amides is 4. The average molecular weight is 473 g/mol. The van der Waals surface area contributed by atoms with Crippen LogP contribution < -0.4 is 10.6 Å². The molecule has 3 aliphatic rings. The topological polar surface area (TPSA) is 109 Å². The van der Waals surface area contributed by atoms with E-state index in [1.165, 1.54) is 5.56 Å². The van der Waals surface area contributed by atoms with Gasteiger partial charge in [0.1, 0.15) is 0 Å². The van der Waals surface area contributed by atoms with Crippen LogP contribution in [0, 0.1) is 5.41 Å². The number of hydrogen-bond donors (Lipinski definition) is 2. The minimum atomic E-state index is -0.545. The molecule has 2 saturated heterocycles. The Kier molecular flexibility index (Phi) is 4.91. The second-order valence-corrected chi connectivity index (χ2v) is 10.7. The number of carbonyl (C=O) groups is 3. The molecule has 3 atom stereocenters. The van der Waals surface area contributed by atoms with Crippen molar-refractivity contribution in [3.05, 3.63) is 65.1 Å². The van der Waals surface area contributed by atoms with Crippen molar-refractivity contribution in [3.63, 3.8) is 0 Å². The quantitative estimate of drug-likeness (QED) is 0.607. The summed E-state index contributed by atoms with van der Waals surface area (Å²) in [4.78, 5) is 43.3. The standard InChI is InChI=1S/C26H28N6O3/c1-26(2)7-9-31(14-26)24(34)16-5-3-15(4-6-16)17-11-18(17)19-12-21(30-32-10-8-27-22(19)32)20-13-28-25(35)29-23(20)33/h3-6,8,10,12,17-18,20H,7,9,11,13-14H2,1-2H3,(H2,28,29,33,35)/t17-,18+,20?/m1/s1. The SMILES string of the molecule is CC1(C)CCN(C(=O)c2ccc([C@H]3C[C@@H]3c3cc(C4CNC(=O)NC4=O)nn4ccnc34)cc2)C1. The molecule has 1 aliphatic carbocycles. The molecule has 1 aromatic carbocycles. The van der Waals surface area contributed by atoms with Gasteiger partial charge in [-0.3, -0.25) is 14.9 Å². The molecule has 4 amide bonds. The lowest BCUT2D eigenvalue weighted by Gasteiger charge is -2.22. The normalized spacial score (nSPS) is 25.4. The third-order valence-corrected chi connectivity index (χ3v) is 7.52. The highest BCUT2D eigenvalue weighted by Gasteiger charge is 2.42. The second-order valence-electron chi connectivity index (χ2n) is 10.7. The Bertz CT molecular complexity index is 1340. The number of imidazole rings is 1. The van der Waals surface area contributed by atoms with Crippen LogP contribution in [-0.2, 0) is 4.79 Å². The summed E-state index contributed by atoms with van der Waals surface area (Å²) >= 11 is 0. The maximum Gasteiger partial charge on any atom is 0.321 e. The van der Waals surface area contributed by atoms with Gasteiger partial charge in [-0.15, -0.1) is 0 Å². The minimum absolute atomic E-state index is 0.102. The van der Waals surface area contributed by atoms with Crippen LogP contribution >= 0.6 is 0 Å². The monoisotopic (exact) mass is 472 g/mol. The van der Waals surface area contributed by atoms with Crippen molar-refractivity contribution in [2.24, 2.45) is 5.41 Å². The van der Waals surface area contributed by atoms with E-state index in [9.17, 15) is 14.4 Å². The molecule has 3 aromatic rings. The van der Waals surface area contributed by atoms with Gasteiger partial charge in [0.2, 0.25) is 5.91 Å². The van der Waals surface area contributed by atoms with Crippen LogP contribution in [-0.4, -0.2) is 57.0 Å². The molecule has 0 bridgehead atoms. The molecule has 9 nitrogen and oxygen atoms in total. The summed E-state index contributed by atoms with van der Waals surface area (Å²) in [6.45, 7) is 6.23. The Morgan fingerprint density at radius 2 is 1.94 bits per heavy atom. The van der Waals surface area contributed by atoms with E-state index in [0.717, 1.165) is 42.7 Å². The molecular weight excluding hydrogens is 444 g/mol. The molecule has 35 heavy (non-hydrogen) atoms. The van der Waals surface area contributed by atoms with Crippen LogP contribution in [0.25, 0.3) is 5.65 Å². The van der Waals surface area contributed by atoms with Gasteiger partial charge in [0, 0.05) is 43.2 Å². The number of urea groups is 1. The lowest BCUT2D eigenvalue weighted by atomic mass is 9.93. The maximum atomic E-state index is 12.9. The van der Waals surface area contributed by atoms with E-state index in [1.807, 2.05) is 23.1 Å². The first kappa shape index (κ1) is 21.8. The molecular formula is C26H28N6O3. The van der Waals surface area contributed by atoms with Crippen molar-refractivity contribution in [2.45, 2.75) is 44.4 Å². The Labute approximate surface area is 202 Å². The van der Waals surface area contributed by atoms with Crippen LogP contribution in [0.3, 0.4) is 0 Å². The van der Waals surface area contributed by atoms with E-state index < -0.39 is 11.9 Å². The molecule has 0 spiro atoms. The lowest BCUT2D eigenvalue weighted by Crippen LogP contribution is -2.51. The van der Waals surface area contributed by atoms with Gasteiger partial charge in [0.05, 0.1) is 11.6 Å². The van der Waals surface area contributed by atoms with Crippen LogP contribution in [0.4, 0.5) is 4.79 Å². The molecule has 0 radical (unpaired) electrons. The molecule has 6 rings (SSSR count). The highest BCUT2D eigenvalue weighted by atomic mass is 16.2. The molecule has 2 N–H and O–H groups in total. The zero-order valence-electron chi connectivity index (χ0n) is 19.8. The van der Waals surface area contributed by atoms with Crippen molar-refractivity contribution in [2.75, 3.05) is 19.6 Å². The number of rotatable bonds is 4. The predicted octanol–water partition coefficient (Wildman–Crippen LogP) is 2.80. The van der Waals surface area contributed by atoms with Gasteiger partial charge in [-0.05, 0) is 53.9 Å². The minimum Gasteiger partial charge on any atom is -0.338 e. The number of fused-ring (bicyclic) bond motifs is 1. The summed E-state index contributed by atoms with van der Waals surface area (Å²) in [5, 5.41) is 9.58. The molecule has 3 fully saturated rings. The zero-order chi connectivity index (χ0) is 24.3. The Morgan fingerprint density at radius 3 is 2.66 bits per heavy atom. The van der Waals surface area contributed by atoms with Crippen LogP contribution in [0.2, 0.25) is 0 Å². The highest BCUT2D eigenvalue weighted by molar-refractivity contribution is 6.00. The fourth-order valence-electron chi connectivity index (χ4n) is 5.42. The average Bonchev–Trinajstić information content (AvgIpc) is 3.33. The smallest absolute Gasteiger partial charge is 0.321 e. The van der Waals surface area contributed by atoms with E-state index in [-0.39, 0.29) is 29.7 Å². The Hall–Kier alpha value is -3.75. The summed E-state index contributed by atoms with van der Waals surface area (Å²) in [6.07, 6.45) is 5.48. The summed E-state index contributed by atoms with van der Waals surface area (Å²) in [6, 6.07) is 9.49. The number of aromatic nitrogens is 3. The molecule has 1 saturated carbocycles. The molecule has 180 valence electrons. The summed E-state index contributed by atoms with van der Waals surface area (Å²) in [7, 11) is 0. The number of nitrogens with zero attached hydrogens (tertiary/aromatic N) is 4. The molecule has 2 aromatic heterocycles. The lowest BCUT2D eigenvalue weighted by molar-refractivity contribution is -0.122. The van der Waals surface area contributed by atoms with Gasteiger partial charge in [-0.25, -0.2) is 14.3 Å². The number of hydrogen-bond acceptors (Lipinski definition) is 5. The third kappa shape index (κ3) is 3.94. The summed E-state index contributed by atoms with van der Waals surface area (Å²) in [5.74, 6) is -0.216. The first-order valence-electron chi connectivity index (χ1n) is 12.1. The van der Waals surface area contributed by atoms with E-state index in [1.54, 1.807) is 16.9 Å². The molecule has 9 heteroatoms. The Morgan fingerprint density at radius 1 is 1.14 bits per heavy atom. The first-order chi connectivity index (χ1) is 16.8. The van der Waals surface area contributed by atoms with Crippen LogP contribution in [0.5, 0.6) is 0 Å². The molecule has 4 heterocycles. The summed E-state index contributed by atoms with van der Waals surface area (Å²) in [5.41, 5.74) is 4.56. The van der Waals surface area contributed by atoms with Gasteiger partial charge < -0.3 is 10.2 Å². The fourth-order valence-corrected chi connectivity index (χ4v) is 5.42. The van der Waals surface area contributed by atoms with E-state index in [4.69, 9.17) is 0 Å². The van der Waals surface area contributed by atoms with Gasteiger partial charge in [-0.1, -0.05) is 26.0 Å². The number of carbonyl (C=O) groups excluding carboxylic acids is 3. The van der Waals surface area contributed by atoms with Crippen LogP contribution in [0.1, 0.15) is 71.6 Å². The molecule has 2 aliphatic heterocycles. The van der Waals surface area contributed by atoms with Gasteiger partial charge >= 0.3 is 6.03 Å². The number of nitrogens with one attached hydrogen (secondary N) is 2. The number of likely N-dealkylation sites (tertiary alicyclic amines) is 1. The highest BCUT2D eigenvalue weighted by Crippen LogP contribution is 2.55. The zero-order valence-corrected chi connectivity index (χ0v) is 19.8.